The van der Waals surface area contributed by atoms with Crippen molar-refractivity contribution >= 4 is 32.5 Å². The molecule has 7 nitrogen and oxygen atoms in total. The lowest BCUT2D eigenvalue weighted by molar-refractivity contribution is 0.161. The Morgan fingerprint density at radius 2 is 1.68 bits per heavy atom. The number of hydrogen-bond donors (Lipinski definition) is 3. The van der Waals surface area contributed by atoms with E-state index in [2.05, 4.69) is 14.7 Å². The normalized spacial score (nSPS) is 12.5. The fourth-order valence-electron chi connectivity index (χ4n) is 5.09. The first-order chi connectivity index (χ1) is 19.7. The van der Waals surface area contributed by atoms with Gasteiger partial charge in [-0.1, -0.05) is 54.1 Å². The van der Waals surface area contributed by atoms with Crippen LogP contribution in [0.1, 0.15) is 40.7 Å². The minimum absolute atomic E-state index is 0.0744. The standard InChI is InChI=1S/C32H32ClN3O4S/c1-20-18-23(19-21(2)29(20)33)40-17-9-15-28-27-13-7-12-26(25-14-8-16-34-22(25)3)30(27)35-31(28)32(37)36-41(38,39)24-10-5-4-6-11-24/h4-8,10-14,16,18-19,32,35-37H,9,15,17H2,1-3H3. The van der Waals surface area contributed by atoms with Crippen LogP contribution in [0, 0.1) is 20.8 Å². The number of rotatable bonds is 10. The number of para-hydroxylation sites is 1. The average Bonchev–Trinajstić information content (AvgIpc) is 3.33. The number of sulfonamides is 1. The molecule has 5 aromatic rings. The number of halogens is 1. The molecule has 0 spiro atoms. The molecule has 9 heteroatoms. The number of nitrogens with one attached hydrogen (secondary N) is 2. The van der Waals surface area contributed by atoms with E-state index in [0.717, 1.165) is 55.2 Å². The number of fused-ring (bicyclic) bond motifs is 1. The maximum absolute atomic E-state index is 13.0. The molecule has 0 amide bonds. The lowest BCUT2D eigenvalue weighted by Crippen LogP contribution is -2.29. The topological polar surface area (TPSA) is 104 Å². The van der Waals surface area contributed by atoms with E-state index in [1.165, 1.54) is 12.1 Å². The molecule has 2 aromatic heterocycles. The quantitative estimate of drug-likeness (QED) is 0.123. The van der Waals surface area contributed by atoms with Gasteiger partial charge in [-0.15, -0.1) is 0 Å². The third-order valence-corrected chi connectivity index (χ3v) is 9.14. The third-order valence-electron chi connectivity index (χ3n) is 7.11. The number of aryl methyl sites for hydroxylation is 4. The number of benzene rings is 3. The van der Waals surface area contributed by atoms with Gasteiger partial charge in [-0.05, 0) is 80.6 Å². The van der Waals surface area contributed by atoms with Gasteiger partial charge in [0.05, 0.1) is 22.7 Å². The van der Waals surface area contributed by atoms with E-state index in [-0.39, 0.29) is 4.90 Å². The molecule has 1 atom stereocenters. The third kappa shape index (κ3) is 6.16. The van der Waals surface area contributed by atoms with Crippen molar-refractivity contribution in [2.45, 2.75) is 44.7 Å². The Bertz CT molecular complexity index is 1780. The number of hydrogen-bond acceptors (Lipinski definition) is 5. The molecule has 212 valence electrons. The average molecular weight is 590 g/mol. The van der Waals surface area contributed by atoms with E-state index >= 15 is 0 Å². The summed E-state index contributed by atoms with van der Waals surface area (Å²) >= 11 is 6.30. The molecule has 1 unspecified atom stereocenters. The van der Waals surface area contributed by atoms with Crippen molar-refractivity contribution in [3.05, 3.63) is 112 Å². The molecule has 3 N–H and O–H groups in total. The number of nitrogens with zero attached hydrogens (tertiary/aromatic N) is 1. The summed E-state index contributed by atoms with van der Waals surface area (Å²) in [5.41, 5.74) is 6.66. The van der Waals surface area contributed by atoms with Crippen LogP contribution in [0.3, 0.4) is 0 Å². The van der Waals surface area contributed by atoms with Crippen LogP contribution in [0.2, 0.25) is 5.02 Å². The van der Waals surface area contributed by atoms with Gasteiger partial charge < -0.3 is 14.8 Å². The molecule has 0 aliphatic rings. The van der Waals surface area contributed by atoms with Gasteiger partial charge in [0.25, 0.3) is 0 Å². The van der Waals surface area contributed by atoms with Gasteiger partial charge in [-0.3, -0.25) is 4.98 Å². The van der Waals surface area contributed by atoms with Gasteiger partial charge in [-0.2, -0.15) is 4.72 Å². The predicted octanol–water partition coefficient (Wildman–Crippen LogP) is 6.79. The van der Waals surface area contributed by atoms with E-state index in [1.807, 2.05) is 63.2 Å². The highest BCUT2D eigenvalue weighted by Gasteiger charge is 2.25. The highest BCUT2D eigenvalue weighted by atomic mass is 35.5. The minimum Gasteiger partial charge on any atom is -0.494 e. The Balaban J connectivity index is 1.48. The maximum Gasteiger partial charge on any atom is 0.243 e. The molecule has 2 heterocycles. The second kappa shape index (κ2) is 12.0. The van der Waals surface area contributed by atoms with Crippen molar-refractivity contribution in [1.29, 1.82) is 0 Å². The van der Waals surface area contributed by atoms with Crippen molar-refractivity contribution in [1.82, 2.24) is 14.7 Å². The summed E-state index contributed by atoms with van der Waals surface area (Å²) in [5.74, 6) is 0.744. The van der Waals surface area contributed by atoms with Gasteiger partial charge in [0.1, 0.15) is 5.75 Å². The first kappa shape index (κ1) is 28.8. The molecular weight excluding hydrogens is 558 g/mol. The van der Waals surface area contributed by atoms with Crippen LogP contribution >= 0.6 is 11.6 Å². The fourth-order valence-corrected chi connectivity index (χ4v) is 6.26. The Morgan fingerprint density at radius 1 is 0.976 bits per heavy atom. The predicted molar refractivity (Wildman–Crippen MR) is 163 cm³/mol. The number of aromatic nitrogens is 2. The Hall–Kier alpha value is -3.69. The summed E-state index contributed by atoms with van der Waals surface area (Å²) in [5, 5.41) is 12.9. The van der Waals surface area contributed by atoms with Crippen LogP contribution in [0.5, 0.6) is 5.75 Å². The van der Waals surface area contributed by atoms with Crippen molar-refractivity contribution in [3.8, 4) is 16.9 Å². The summed E-state index contributed by atoms with van der Waals surface area (Å²) in [6, 6.07) is 21.6. The molecule has 0 radical (unpaired) electrons. The molecule has 0 aliphatic heterocycles. The van der Waals surface area contributed by atoms with Crippen molar-refractivity contribution < 1.29 is 18.3 Å². The summed E-state index contributed by atoms with van der Waals surface area (Å²) in [6.07, 6.45) is 1.43. The summed E-state index contributed by atoms with van der Waals surface area (Å²) in [6.45, 7) is 6.26. The van der Waals surface area contributed by atoms with E-state index < -0.39 is 16.3 Å². The minimum atomic E-state index is -3.97. The highest BCUT2D eigenvalue weighted by molar-refractivity contribution is 7.89. The van der Waals surface area contributed by atoms with Gasteiger partial charge in [-0.25, -0.2) is 8.42 Å². The summed E-state index contributed by atoms with van der Waals surface area (Å²) in [4.78, 5) is 7.86. The van der Waals surface area contributed by atoms with Crippen LogP contribution in [0.15, 0.2) is 83.9 Å². The van der Waals surface area contributed by atoms with E-state index in [0.29, 0.717) is 25.1 Å². The number of aliphatic hydroxyl groups is 1. The van der Waals surface area contributed by atoms with Crippen molar-refractivity contribution in [2.24, 2.45) is 0 Å². The second-order valence-corrected chi connectivity index (χ2v) is 12.1. The number of ether oxygens (including phenoxy) is 1. The molecule has 0 saturated heterocycles. The monoisotopic (exact) mass is 589 g/mol. The smallest absolute Gasteiger partial charge is 0.243 e. The molecule has 41 heavy (non-hydrogen) atoms. The van der Waals surface area contributed by atoms with Gasteiger partial charge in [0.15, 0.2) is 6.23 Å². The zero-order chi connectivity index (χ0) is 29.1. The summed E-state index contributed by atoms with van der Waals surface area (Å²) in [7, 11) is -3.97. The van der Waals surface area contributed by atoms with Crippen LogP contribution in [0.25, 0.3) is 22.0 Å². The number of aliphatic hydroxyl groups excluding tert-OH is 1. The lowest BCUT2D eigenvalue weighted by Gasteiger charge is -2.15. The van der Waals surface area contributed by atoms with Crippen molar-refractivity contribution in [2.75, 3.05) is 6.61 Å². The van der Waals surface area contributed by atoms with E-state index in [4.69, 9.17) is 16.3 Å². The maximum atomic E-state index is 13.0. The van der Waals surface area contributed by atoms with E-state index in [9.17, 15) is 13.5 Å². The molecule has 5 rings (SSSR count). The van der Waals surface area contributed by atoms with Crippen LogP contribution in [-0.4, -0.2) is 30.1 Å². The lowest BCUT2D eigenvalue weighted by atomic mass is 9.99. The zero-order valence-electron chi connectivity index (χ0n) is 23.1. The Kier molecular flexibility index (Phi) is 8.47. The number of aromatic amines is 1. The van der Waals surface area contributed by atoms with Crippen LogP contribution in [0.4, 0.5) is 0 Å². The Morgan fingerprint density at radius 3 is 2.39 bits per heavy atom. The second-order valence-electron chi connectivity index (χ2n) is 10.0. The Labute approximate surface area is 245 Å². The fraction of sp³-hybridized carbons (Fsp3) is 0.219. The van der Waals surface area contributed by atoms with Gasteiger partial charge in [0.2, 0.25) is 10.0 Å². The molecule has 0 bridgehead atoms. The first-order valence-electron chi connectivity index (χ1n) is 13.4. The molecule has 0 saturated carbocycles. The highest BCUT2D eigenvalue weighted by Crippen LogP contribution is 2.35. The molecule has 0 fully saturated rings. The molecule has 0 aliphatic carbocycles. The molecular formula is C32H32ClN3O4S. The van der Waals surface area contributed by atoms with Crippen LogP contribution in [-0.2, 0) is 16.4 Å². The zero-order valence-corrected chi connectivity index (χ0v) is 24.7. The van der Waals surface area contributed by atoms with Gasteiger partial charge >= 0.3 is 0 Å². The van der Waals surface area contributed by atoms with Crippen LogP contribution < -0.4 is 9.46 Å². The number of pyridine rings is 1. The SMILES string of the molecule is Cc1cc(OCCCc2c(C(O)NS(=O)(=O)c3ccccc3)[nH]c3c(-c4cccnc4C)cccc23)cc(C)c1Cl. The first-order valence-corrected chi connectivity index (χ1v) is 15.2. The van der Waals surface area contributed by atoms with E-state index in [1.54, 1.807) is 24.4 Å². The number of H-pyrrole nitrogens is 1. The van der Waals surface area contributed by atoms with Crippen molar-refractivity contribution in [3.63, 3.8) is 0 Å². The summed E-state index contributed by atoms with van der Waals surface area (Å²) < 4.78 is 34.6. The van der Waals surface area contributed by atoms with Gasteiger partial charge in [0, 0.05) is 33.4 Å². The molecule has 3 aromatic carbocycles. The largest absolute Gasteiger partial charge is 0.494 e.